The van der Waals surface area contributed by atoms with Crippen molar-refractivity contribution >= 4 is 11.8 Å². The molecule has 142 valence electrons. The van der Waals surface area contributed by atoms with Crippen molar-refractivity contribution in [3.63, 3.8) is 0 Å². The lowest BCUT2D eigenvalue weighted by molar-refractivity contribution is 1.18. The zero-order valence-electron chi connectivity index (χ0n) is 17.5. The van der Waals surface area contributed by atoms with Gasteiger partial charge in [-0.15, -0.1) is 5.11 Å². The first-order chi connectivity index (χ1) is 12.6. The van der Waals surface area contributed by atoms with E-state index in [1.807, 2.05) is 78.0 Å². The molecule has 1 aromatic rings. The molecule has 0 N–H and O–H groups in total. The number of benzene rings is 1. The fourth-order valence-electron chi connectivity index (χ4n) is 1.36. The molecule has 0 heterocycles. The van der Waals surface area contributed by atoms with Gasteiger partial charge in [0.05, 0.1) is 11.4 Å². The summed E-state index contributed by atoms with van der Waals surface area (Å²) in [6, 6.07) is 7.82. The van der Waals surface area contributed by atoms with Gasteiger partial charge in [0.2, 0.25) is 0 Å². The van der Waals surface area contributed by atoms with Crippen molar-refractivity contribution in [1.82, 2.24) is 0 Å². The Hall–Kier alpha value is -2.74. The molecule has 0 saturated carbocycles. The molecule has 0 aromatic heterocycles. The number of hydrogen-bond donors (Lipinski definition) is 0. The van der Waals surface area contributed by atoms with Crippen molar-refractivity contribution in [2.45, 2.75) is 41.5 Å². The van der Waals surface area contributed by atoms with E-state index in [2.05, 4.69) is 36.5 Å². The maximum atomic E-state index is 4.16. The number of azo groups is 1. The fraction of sp³-hybridized carbons (Fsp3) is 0.250. The molecule has 26 heavy (non-hydrogen) atoms. The predicted molar refractivity (Wildman–Crippen MR) is 122 cm³/mol. The van der Waals surface area contributed by atoms with Gasteiger partial charge in [0.15, 0.2) is 0 Å². The standard InChI is InChI=1S/C16H16N2.C4H8.2C2H6/c1-5-10-16(18-17-13(4)6-2)15-12-9-8-11-14(15)7-3;1-3-4-2;2*1-2/h5-12H,1-4H2;3-4H,1-2H3;2*1-2H3/b16-10+,18-17?;4-3-;;. The molecule has 0 radical (unpaired) electrons. The third-order valence-electron chi connectivity index (χ3n) is 2.59. The van der Waals surface area contributed by atoms with E-state index in [0.717, 1.165) is 11.1 Å². The van der Waals surface area contributed by atoms with Crippen LogP contribution in [0.2, 0.25) is 0 Å². The summed E-state index contributed by atoms with van der Waals surface area (Å²) in [6.07, 6.45) is 10.8. The zero-order chi connectivity index (χ0) is 20.8. The molecule has 0 fully saturated rings. The van der Waals surface area contributed by atoms with Crippen LogP contribution in [0.4, 0.5) is 0 Å². The van der Waals surface area contributed by atoms with Gasteiger partial charge in [-0.2, -0.15) is 5.11 Å². The molecule has 2 nitrogen and oxygen atoms in total. The molecule has 0 aliphatic rings. The third kappa shape index (κ3) is 13.7. The van der Waals surface area contributed by atoms with Crippen LogP contribution in [-0.4, -0.2) is 0 Å². The Morgan fingerprint density at radius 2 is 1.42 bits per heavy atom. The minimum absolute atomic E-state index is 0.515. The van der Waals surface area contributed by atoms with E-state index in [9.17, 15) is 0 Å². The lowest BCUT2D eigenvalue weighted by Crippen LogP contribution is -1.85. The average molecular weight is 353 g/mol. The Labute approximate surface area is 161 Å². The molecule has 0 atom stereocenters. The lowest BCUT2D eigenvalue weighted by Gasteiger charge is -2.04. The normalized spacial score (nSPS) is 9.69. The molecule has 0 aliphatic heterocycles. The number of nitrogens with zero attached hydrogens (tertiary/aromatic N) is 2. The van der Waals surface area contributed by atoms with Crippen LogP contribution in [-0.2, 0) is 0 Å². The van der Waals surface area contributed by atoms with E-state index < -0.39 is 0 Å². The van der Waals surface area contributed by atoms with Crippen molar-refractivity contribution in [2.75, 3.05) is 0 Å². The second-order valence-electron chi connectivity index (χ2n) is 4.14. The van der Waals surface area contributed by atoms with E-state index in [1.54, 1.807) is 24.3 Å². The summed E-state index contributed by atoms with van der Waals surface area (Å²) in [5.41, 5.74) is 3.17. The number of rotatable bonds is 6. The minimum atomic E-state index is 0.515. The predicted octanol–water partition coefficient (Wildman–Crippen LogP) is 8.64. The summed E-state index contributed by atoms with van der Waals surface area (Å²) < 4.78 is 0. The highest BCUT2D eigenvalue weighted by Crippen LogP contribution is 2.22. The van der Waals surface area contributed by atoms with E-state index in [1.165, 1.54) is 0 Å². The molecule has 0 saturated heterocycles. The summed E-state index contributed by atoms with van der Waals surface area (Å²) in [5.74, 6) is 0. The van der Waals surface area contributed by atoms with Crippen molar-refractivity contribution in [3.05, 3.63) is 97.8 Å². The second-order valence-corrected chi connectivity index (χ2v) is 4.14. The van der Waals surface area contributed by atoms with Crippen LogP contribution in [0, 0.1) is 0 Å². The van der Waals surface area contributed by atoms with E-state index in [-0.39, 0.29) is 0 Å². The molecule has 0 amide bonds. The molecule has 1 aromatic carbocycles. The first-order valence-electron chi connectivity index (χ1n) is 8.99. The highest BCUT2D eigenvalue weighted by atomic mass is 15.1. The Morgan fingerprint density at radius 3 is 1.85 bits per heavy atom. The van der Waals surface area contributed by atoms with Gasteiger partial charge >= 0.3 is 0 Å². The molecule has 2 heteroatoms. The van der Waals surface area contributed by atoms with E-state index in [4.69, 9.17) is 0 Å². The van der Waals surface area contributed by atoms with Gasteiger partial charge in [-0.3, -0.25) is 0 Å². The average Bonchev–Trinajstić information content (AvgIpc) is 2.73. The topological polar surface area (TPSA) is 24.7 Å². The van der Waals surface area contributed by atoms with Crippen LogP contribution in [0.15, 0.2) is 96.9 Å². The molecule has 0 bridgehead atoms. The molecular weight excluding hydrogens is 316 g/mol. The quantitative estimate of drug-likeness (QED) is 0.278. The zero-order valence-corrected chi connectivity index (χ0v) is 17.5. The van der Waals surface area contributed by atoms with E-state index in [0.29, 0.717) is 11.4 Å². The minimum Gasteiger partial charge on any atom is -0.151 e. The van der Waals surface area contributed by atoms with Gasteiger partial charge in [-0.05, 0) is 31.6 Å². The van der Waals surface area contributed by atoms with Crippen LogP contribution in [0.25, 0.3) is 11.8 Å². The largest absolute Gasteiger partial charge is 0.151 e. The molecule has 0 spiro atoms. The van der Waals surface area contributed by atoms with Gasteiger partial charge < -0.3 is 0 Å². The van der Waals surface area contributed by atoms with Crippen LogP contribution in [0.5, 0.6) is 0 Å². The molecule has 0 unspecified atom stereocenters. The molecular formula is C24H36N2. The number of hydrogen-bond acceptors (Lipinski definition) is 2. The van der Waals surface area contributed by atoms with Gasteiger partial charge in [-0.25, -0.2) is 0 Å². The van der Waals surface area contributed by atoms with Gasteiger partial charge in [-0.1, -0.05) is 103 Å². The van der Waals surface area contributed by atoms with Crippen LogP contribution in [0.3, 0.4) is 0 Å². The monoisotopic (exact) mass is 352 g/mol. The summed E-state index contributed by atoms with van der Waals surface area (Å²) >= 11 is 0. The maximum Gasteiger partial charge on any atom is 0.0935 e. The Morgan fingerprint density at radius 1 is 0.885 bits per heavy atom. The lowest BCUT2D eigenvalue weighted by atomic mass is 10.0. The summed E-state index contributed by atoms with van der Waals surface area (Å²) in [7, 11) is 0. The maximum absolute atomic E-state index is 4.16. The highest BCUT2D eigenvalue weighted by Gasteiger charge is 2.03. The second kappa shape index (κ2) is 22.3. The smallest absolute Gasteiger partial charge is 0.0935 e. The van der Waals surface area contributed by atoms with Gasteiger partial charge in [0, 0.05) is 5.56 Å². The summed E-state index contributed by atoms with van der Waals surface area (Å²) in [6.45, 7) is 26.7. The Kier molecular flexibility index (Phi) is 24.0. The SMILES string of the molecule is C/C=C\C.C=C/C=C(/N=NC(=C)C=C)c1ccccc1C=C.CC.CC. The first-order valence-corrected chi connectivity index (χ1v) is 8.99. The van der Waals surface area contributed by atoms with Gasteiger partial charge in [0.1, 0.15) is 0 Å². The first kappa shape index (κ1) is 28.1. The van der Waals surface area contributed by atoms with Crippen LogP contribution >= 0.6 is 0 Å². The van der Waals surface area contributed by atoms with Crippen molar-refractivity contribution in [2.24, 2.45) is 10.2 Å². The molecule has 1 rings (SSSR count). The highest BCUT2D eigenvalue weighted by molar-refractivity contribution is 5.73. The molecule has 0 aliphatic carbocycles. The summed E-state index contributed by atoms with van der Waals surface area (Å²) in [4.78, 5) is 0. The van der Waals surface area contributed by atoms with Crippen molar-refractivity contribution in [3.8, 4) is 0 Å². The fourth-order valence-corrected chi connectivity index (χ4v) is 1.36. The Balaban J connectivity index is -0.000000568. The third-order valence-corrected chi connectivity index (χ3v) is 2.59. The van der Waals surface area contributed by atoms with E-state index >= 15 is 0 Å². The van der Waals surface area contributed by atoms with Gasteiger partial charge in [0.25, 0.3) is 0 Å². The summed E-state index contributed by atoms with van der Waals surface area (Å²) in [5, 5.41) is 8.13. The number of allylic oxidation sites excluding steroid dienone is 5. The van der Waals surface area contributed by atoms with Crippen LogP contribution in [0.1, 0.15) is 52.7 Å². The van der Waals surface area contributed by atoms with Crippen molar-refractivity contribution in [1.29, 1.82) is 0 Å². The van der Waals surface area contributed by atoms with Crippen molar-refractivity contribution < 1.29 is 0 Å². The Bertz CT molecular complexity index is 598. The van der Waals surface area contributed by atoms with Crippen LogP contribution < -0.4 is 0 Å².